The molecule has 2 aliphatic rings. The van der Waals surface area contributed by atoms with Crippen LogP contribution in [-0.4, -0.2) is 21.3 Å². The van der Waals surface area contributed by atoms with E-state index in [-0.39, 0.29) is 5.78 Å². The molecule has 0 aliphatic heterocycles. The van der Waals surface area contributed by atoms with E-state index in [1.165, 1.54) is 0 Å². The van der Waals surface area contributed by atoms with Crippen LogP contribution in [0.1, 0.15) is 46.2 Å². The van der Waals surface area contributed by atoms with E-state index in [1.807, 2.05) is 40.7 Å². The van der Waals surface area contributed by atoms with Crippen molar-refractivity contribution >= 4 is 11.5 Å². The highest BCUT2D eigenvalue weighted by Gasteiger charge is 2.43. The Bertz CT molecular complexity index is 769. The minimum atomic E-state index is 0.00972. The van der Waals surface area contributed by atoms with Crippen LogP contribution < -0.4 is 4.57 Å². The SMILES string of the molecule is C[n+]1cn(C2CC2)c2c1/C(=N\O)c1ccccc1C2=O. The number of fused-ring (bicyclic) bond motifs is 2. The minimum Gasteiger partial charge on any atom is -0.410 e. The van der Waals surface area contributed by atoms with Crippen LogP contribution in [0.4, 0.5) is 0 Å². The fraction of sp³-hybridized carbons (Fsp3) is 0.267. The summed E-state index contributed by atoms with van der Waals surface area (Å²) in [7, 11) is 1.88. The van der Waals surface area contributed by atoms with Crippen LogP contribution in [0.3, 0.4) is 0 Å². The molecule has 5 heteroatoms. The lowest BCUT2D eigenvalue weighted by Crippen LogP contribution is -2.37. The van der Waals surface area contributed by atoms with E-state index in [9.17, 15) is 10.0 Å². The van der Waals surface area contributed by atoms with Gasteiger partial charge in [-0.3, -0.25) is 4.79 Å². The Kier molecular flexibility index (Phi) is 2.16. The zero-order valence-electron chi connectivity index (χ0n) is 11.1. The van der Waals surface area contributed by atoms with Crippen molar-refractivity contribution in [2.24, 2.45) is 12.2 Å². The van der Waals surface area contributed by atoms with E-state index in [1.54, 1.807) is 6.07 Å². The molecule has 1 aromatic heterocycles. The number of carbonyl (C=O) groups is 1. The highest BCUT2D eigenvalue weighted by molar-refractivity contribution is 6.28. The van der Waals surface area contributed by atoms with Gasteiger partial charge >= 0.3 is 0 Å². The molecule has 100 valence electrons. The molecule has 5 nitrogen and oxygen atoms in total. The number of hydrogen-bond acceptors (Lipinski definition) is 3. The summed E-state index contributed by atoms with van der Waals surface area (Å²) in [6, 6.07) is 7.69. The molecule has 0 spiro atoms. The lowest BCUT2D eigenvalue weighted by molar-refractivity contribution is -0.672. The Morgan fingerprint density at radius 3 is 2.65 bits per heavy atom. The van der Waals surface area contributed by atoms with Crippen molar-refractivity contribution in [3.05, 3.63) is 53.1 Å². The Morgan fingerprint density at radius 1 is 1.30 bits per heavy atom. The van der Waals surface area contributed by atoms with E-state index in [2.05, 4.69) is 5.16 Å². The van der Waals surface area contributed by atoms with E-state index < -0.39 is 0 Å². The summed E-state index contributed by atoms with van der Waals surface area (Å²) in [5, 5.41) is 12.9. The molecule has 0 bridgehead atoms. The van der Waals surface area contributed by atoms with Gasteiger partial charge in [-0.2, -0.15) is 0 Å². The number of hydrogen-bond donors (Lipinski definition) is 1. The highest BCUT2D eigenvalue weighted by atomic mass is 16.4. The molecule has 1 aromatic carbocycles. The number of nitrogens with zero attached hydrogens (tertiary/aromatic N) is 3. The van der Waals surface area contributed by atoms with Crippen LogP contribution in [-0.2, 0) is 7.05 Å². The van der Waals surface area contributed by atoms with Crippen LogP contribution in [0.5, 0.6) is 0 Å². The normalized spacial score (nSPS) is 19.1. The first-order valence-corrected chi connectivity index (χ1v) is 6.69. The van der Waals surface area contributed by atoms with Crippen molar-refractivity contribution in [1.29, 1.82) is 0 Å². The second-order valence-corrected chi connectivity index (χ2v) is 5.39. The Hall–Kier alpha value is -2.43. The van der Waals surface area contributed by atoms with Gasteiger partial charge in [-0.05, 0) is 12.8 Å². The summed E-state index contributed by atoms with van der Waals surface area (Å²) < 4.78 is 3.90. The van der Waals surface area contributed by atoms with Gasteiger partial charge in [-0.25, -0.2) is 9.13 Å². The molecule has 4 rings (SSSR count). The van der Waals surface area contributed by atoms with Crippen LogP contribution in [0.2, 0.25) is 0 Å². The third-order valence-electron chi connectivity index (χ3n) is 4.04. The molecule has 1 fully saturated rings. The lowest BCUT2D eigenvalue weighted by Gasteiger charge is -2.14. The number of benzene rings is 1. The third-order valence-corrected chi connectivity index (χ3v) is 4.04. The summed E-state index contributed by atoms with van der Waals surface area (Å²) >= 11 is 0. The largest absolute Gasteiger partial charge is 0.410 e. The molecule has 2 aromatic rings. The zero-order chi connectivity index (χ0) is 13.9. The number of carbonyl (C=O) groups excluding carboxylic acids is 1. The summed E-state index contributed by atoms with van der Waals surface area (Å²) in [5.74, 6) is 0.00972. The third kappa shape index (κ3) is 1.35. The van der Waals surface area contributed by atoms with Crippen molar-refractivity contribution in [2.45, 2.75) is 18.9 Å². The monoisotopic (exact) mass is 268 g/mol. The topological polar surface area (TPSA) is 58.5 Å². The molecule has 1 N–H and O–H groups in total. The number of aromatic nitrogens is 2. The number of rotatable bonds is 1. The highest BCUT2D eigenvalue weighted by Crippen LogP contribution is 2.38. The average Bonchev–Trinajstić information content (AvgIpc) is 3.25. The second kappa shape index (κ2) is 3.79. The van der Waals surface area contributed by atoms with Crippen LogP contribution >= 0.6 is 0 Å². The number of imidazole rings is 1. The Labute approximate surface area is 115 Å². The lowest BCUT2D eigenvalue weighted by atomic mass is 9.89. The maximum atomic E-state index is 12.8. The van der Waals surface area contributed by atoms with Gasteiger partial charge in [-0.1, -0.05) is 29.4 Å². The fourth-order valence-corrected chi connectivity index (χ4v) is 2.97. The summed E-state index contributed by atoms with van der Waals surface area (Å²) in [6.45, 7) is 0. The van der Waals surface area contributed by atoms with Gasteiger partial charge in [0.2, 0.25) is 23.5 Å². The van der Waals surface area contributed by atoms with Gasteiger partial charge in [0, 0.05) is 11.1 Å². The second-order valence-electron chi connectivity index (χ2n) is 5.39. The van der Waals surface area contributed by atoms with E-state index in [0.29, 0.717) is 34.3 Å². The first-order valence-electron chi connectivity index (χ1n) is 6.69. The predicted octanol–water partition coefficient (Wildman–Crippen LogP) is 1.42. The van der Waals surface area contributed by atoms with Crippen molar-refractivity contribution in [1.82, 2.24) is 4.57 Å². The van der Waals surface area contributed by atoms with Crippen molar-refractivity contribution in [3.8, 4) is 0 Å². The molecule has 20 heavy (non-hydrogen) atoms. The summed E-state index contributed by atoms with van der Waals surface area (Å²) in [6.07, 6.45) is 4.13. The molecule has 1 heterocycles. The maximum Gasteiger partial charge on any atom is 0.244 e. The summed E-state index contributed by atoms with van der Waals surface area (Å²) in [4.78, 5) is 12.8. The van der Waals surface area contributed by atoms with Gasteiger partial charge in [0.15, 0.2) is 5.71 Å². The number of aryl methyl sites for hydroxylation is 1. The van der Waals surface area contributed by atoms with Crippen molar-refractivity contribution < 1.29 is 14.6 Å². The number of ketones is 1. The molecule has 2 aliphatic carbocycles. The van der Waals surface area contributed by atoms with Crippen molar-refractivity contribution in [3.63, 3.8) is 0 Å². The first-order chi connectivity index (χ1) is 9.72. The van der Waals surface area contributed by atoms with Crippen LogP contribution in [0.25, 0.3) is 0 Å². The van der Waals surface area contributed by atoms with Crippen LogP contribution in [0.15, 0.2) is 35.7 Å². The maximum absolute atomic E-state index is 12.8. The fourth-order valence-electron chi connectivity index (χ4n) is 2.97. The van der Waals surface area contributed by atoms with Crippen LogP contribution in [0, 0.1) is 0 Å². The average molecular weight is 268 g/mol. The van der Waals surface area contributed by atoms with Gasteiger partial charge in [0.05, 0.1) is 7.05 Å². The van der Waals surface area contributed by atoms with Gasteiger partial charge < -0.3 is 5.21 Å². The Balaban J connectivity index is 2.05. The Morgan fingerprint density at radius 2 is 2.00 bits per heavy atom. The smallest absolute Gasteiger partial charge is 0.244 e. The quantitative estimate of drug-likeness (QED) is 0.412. The predicted molar refractivity (Wildman–Crippen MR) is 71.2 cm³/mol. The summed E-state index contributed by atoms with van der Waals surface area (Å²) in [5.41, 5.74) is 3.10. The molecule has 0 amide bonds. The molecule has 1 saturated carbocycles. The van der Waals surface area contributed by atoms with Crippen molar-refractivity contribution in [2.75, 3.05) is 0 Å². The van der Waals surface area contributed by atoms with Gasteiger partial charge in [-0.15, -0.1) is 0 Å². The van der Waals surface area contributed by atoms with E-state index >= 15 is 0 Å². The molecule has 0 unspecified atom stereocenters. The molecular formula is C15H14N3O2+. The van der Waals surface area contributed by atoms with Gasteiger partial charge in [0.1, 0.15) is 6.04 Å². The minimum absolute atomic E-state index is 0.00972. The van der Waals surface area contributed by atoms with Gasteiger partial charge in [0.25, 0.3) is 0 Å². The molecule has 0 atom stereocenters. The molecular weight excluding hydrogens is 254 g/mol. The molecule has 0 saturated heterocycles. The zero-order valence-corrected chi connectivity index (χ0v) is 11.1. The number of oxime groups is 1. The van der Waals surface area contributed by atoms with E-state index in [4.69, 9.17) is 0 Å². The first kappa shape index (κ1) is 11.4. The van der Waals surface area contributed by atoms with E-state index in [0.717, 1.165) is 12.8 Å². The molecule has 0 radical (unpaired) electrons. The standard InChI is InChI=1S/C15H13N3O2/c1-17-8-18(9-6-7-9)14-13(17)12(16-20)10-4-2-3-5-11(10)15(14)19/h2-5,8-9H,6-7H2,1H3/p+1.